The first-order valence-corrected chi connectivity index (χ1v) is 14.2. The van der Waals surface area contributed by atoms with E-state index in [1.165, 1.54) is 0 Å². The topological polar surface area (TPSA) is 129 Å². The number of aryl methyl sites for hydroxylation is 1. The molecule has 1 aliphatic heterocycles. The van der Waals surface area contributed by atoms with Gasteiger partial charge in [-0.15, -0.1) is 0 Å². The Kier molecular flexibility index (Phi) is 6.49. The Labute approximate surface area is 241 Å². The van der Waals surface area contributed by atoms with E-state index in [1.807, 2.05) is 29.8 Å². The molecule has 1 saturated carbocycles. The molecule has 2 amide bonds. The van der Waals surface area contributed by atoms with Gasteiger partial charge in [0, 0.05) is 50.9 Å². The lowest BCUT2D eigenvalue weighted by atomic mass is 10.0. The molecule has 0 bridgehead atoms. The summed E-state index contributed by atoms with van der Waals surface area (Å²) in [5, 5.41) is 4.10. The van der Waals surface area contributed by atoms with Gasteiger partial charge in [0.15, 0.2) is 11.5 Å². The van der Waals surface area contributed by atoms with Crippen LogP contribution in [-0.2, 0) is 31.4 Å². The highest BCUT2D eigenvalue weighted by Gasteiger charge is 2.30. The van der Waals surface area contributed by atoms with Gasteiger partial charge in [-0.3, -0.25) is 9.59 Å². The van der Waals surface area contributed by atoms with E-state index in [-0.39, 0.29) is 24.9 Å². The molecule has 0 spiro atoms. The number of amides is 2. The molecule has 1 fully saturated rings. The summed E-state index contributed by atoms with van der Waals surface area (Å²) in [6.07, 6.45) is 7.93. The van der Waals surface area contributed by atoms with E-state index in [4.69, 9.17) is 15.7 Å². The SMILES string of the molecule is Cn1c(-c2cc3cccc(NC(=O)Cn4ccnc4)c3n2CC2CC2)nc2cc3c(nc21)CCN(CC(N)CF)C3=O. The molecule has 5 heterocycles. The first-order valence-electron chi connectivity index (χ1n) is 14.2. The Hall–Kier alpha value is -4.58. The third kappa shape index (κ3) is 4.71. The van der Waals surface area contributed by atoms with Gasteiger partial charge in [0.05, 0.1) is 40.5 Å². The number of imidazole rings is 2. The molecule has 42 heavy (non-hydrogen) atoms. The zero-order valence-corrected chi connectivity index (χ0v) is 23.3. The number of aromatic nitrogens is 6. The summed E-state index contributed by atoms with van der Waals surface area (Å²) >= 11 is 0. The van der Waals surface area contributed by atoms with Crippen LogP contribution in [0.2, 0.25) is 0 Å². The fourth-order valence-electron chi connectivity index (χ4n) is 5.87. The highest BCUT2D eigenvalue weighted by Crippen LogP contribution is 2.38. The molecule has 1 unspecified atom stereocenters. The number of benzene rings is 1. The lowest BCUT2D eigenvalue weighted by molar-refractivity contribution is -0.116. The summed E-state index contributed by atoms with van der Waals surface area (Å²) in [5.41, 5.74) is 10.9. The summed E-state index contributed by atoms with van der Waals surface area (Å²) in [4.78, 5) is 41.6. The molecule has 5 aromatic rings. The van der Waals surface area contributed by atoms with E-state index >= 15 is 0 Å². The fraction of sp³-hybridized carbons (Fsp3) is 0.367. The number of halogens is 1. The number of para-hydroxylation sites is 1. The number of alkyl halides is 1. The number of fused-ring (bicyclic) bond motifs is 3. The van der Waals surface area contributed by atoms with E-state index in [9.17, 15) is 14.0 Å². The van der Waals surface area contributed by atoms with Crippen molar-refractivity contribution in [3.05, 3.63) is 60.3 Å². The van der Waals surface area contributed by atoms with Gasteiger partial charge in [0.25, 0.3) is 5.91 Å². The average Bonchev–Trinajstić information content (AvgIpc) is 3.36. The number of carbonyl (C=O) groups excluding carboxylic acids is 2. The molecule has 3 N–H and O–H groups in total. The molecule has 216 valence electrons. The Balaban J connectivity index is 1.29. The van der Waals surface area contributed by atoms with Crippen molar-refractivity contribution in [2.24, 2.45) is 18.7 Å². The summed E-state index contributed by atoms with van der Waals surface area (Å²) in [6.45, 7) is 0.922. The zero-order valence-electron chi connectivity index (χ0n) is 23.3. The molecule has 0 radical (unpaired) electrons. The van der Waals surface area contributed by atoms with Gasteiger partial charge in [-0.2, -0.15) is 0 Å². The maximum atomic E-state index is 13.2. The van der Waals surface area contributed by atoms with Gasteiger partial charge in [-0.1, -0.05) is 12.1 Å². The molecule has 2 aliphatic rings. The van der Waals surface area contributed by atoms with Gasteiger partial charge in [0.2, 0.25) is 5.91 Å². The van der Waals surface area contributed by atoms with Gasteiger partial charge in [0.1, 0.15) is 18.7 Å². The maximum Gasteiger partial charge on any atom is 0.255 e. The summed E-state index contributed by atoms with van der Waals surface area (Å²) in [7, 11) is 1.94. The lowest BCUT2D eigenvalue weighted by Gasteiger charge is -2.29. The summed E-state index contributed by atoms with van der Waals surface area (Å²) in [6, 6.07) is 9.11. The van der Waals surface area contributed by atoms with Crippen LogP contribution in [-0.4, -0.2) is 71.2 Å². The van der Waals surface area contributed by atoms with Crippen LogP contribution in [0.25, 0.3) is 33.6 Å². The van der Waals surface area contributed by atoms with Gasteiger partial charge < -0.3 is 29.7 Å². The Morgan fingerprint density at radius 3 is 2.86 bits per heavy atom. The second-order valence-corrected chi connectivity index (χ2v) is 11.3. The average molecular weight is 570 g/mol. The Bertz CT molecular complexity index is 1820. The van der Waals surface area contributed by atoms with Crippen molar-refractivity contribution in [1.82, 2.24) is 33.6 Å². The zero-order chi connectivity index (χ0) is 29.0. The van der Waals surface area contributed by atoms with Gasteiger partial charge in [-0.05, 0) is 37.0 Å². The van der Waals surface area contributed by atoms with Gasteiger partial charge >= 0.3 is 0 Å². The number of nitrogens with zero attached hydrogens (tertiary/aromatic N) is 7. The van der Waals surface area contributed by atoms with E-state index in [1.54, 1.807) is 34.3 Å². The van der Waals surface area contributed by atoms with Crippen molar-refractivity contribution in [2.75, 3.05) is 25.1 Å². The van der Waals surface area contributed by atoms with Crippen LogP contribution >= 0.6 is 0 Å². The first-order chi connectivity index (χ1) is 20.4. The smallest absolute Gasteiger partial charge is 0.255 e. The summed E-state index contributed by atoms with van der Waals surface area (Å²) in [5.74, 6) is 0.968. The third-order valence-electron chi connectivity index (χ3n) is 8.16. The van der Waals surface area contributed by atoms with Crippen LogP contribution in [0.5, 0.6) is 0 Å². The predicted octanol–water partition coefficient (Wildman–Crippen LogP) is 3.13. The molecule has 1 aromatic carbocycles. The maximum absolute atomic E-state index is 13.2. The van der Waals surface area contributed by atoms with Crippen LogP contribution in [0, 0.1) is 5.92 Å². The minimum Gasteiger partial charge on any atom is -0.337 e. The van der Waals surface area contributed by atoms with Crippen molar-refractivity contribution >= 4 is 39.6 Å². The number of nitrogens with one attached hydrogen (secondary N) is 1. The number of carbonyl (C=O) groups is 2. The molecule has 0 saturated heterocycles. The van der Waals surface area contributed by atoms with Crippen LogP contribution in [0.4, 0.5) is 10.1 Å². The Morgan fingerprint density at radius 1 is 1.24 bits per heavy atom. The number of nitrogens with two attached hydrogens (primary N) is 1. The molecule has 1 aliphatic carbocycles. The predicted molar refractivity (Wildman–Crippen MR) is 157 cm³/mol. The van der Waals surface area contributed by atoms with E-state index in [0.29, 0.717) is 41.3 Å². The number of hydrogen-bond donors (Lipinski definition) is 2. The molecule has 11 nitrogen and oxygen atoms in total. The van der Waals surface area contributed by atoms with Crippen molar-refractivity contribution in [2.45, 2.75) is 38.4 Å². The number of rotatable bonds is 9. The van der Waals surface area contributed by atoms with Gasteiger partial charge in [-0.25, -0.2) is 19.3 Å². The first kappa shape index (κ1) is 26.3. The van der Waals surface area contributed by atoms with Crippen LogP contribution in [0.15, 0.2) is 49.1 Å². The van der Waals surface area contributed by atoms with Crippen molar-refractivity contribution in [3.8, 4) is 11.5 Å². The quantitative estimate of drug-likeness (QED) is 0.281. The highest BCUT2D eigenvalue weighted by molar-refractivity contribution is 6.03. The van der Waals surface area contributed by atoms with Crippen LogP contribution in [0.1, 0.15) is 28.9 Å². The van der Waals surface area contributed by atoms with Crippen LogP contribution in [0.3, 0.4) is 0 Å². The largest absolute Gasteiger partial charge is 0.337 e. The second-order valence-electron chi connectivity index (χ2n) is 11.3. The van der Waals surface area contributed by atoms with E-state index in [0.717, 1.165) is 47.5 Å². The number of anilines is 1. The highest BCUT2D eigenvalue weighted by atomic mass is 19.1. The lowest BCUT2D eigenvalue weighted by Crippen LogP contribution is -2.45. The van der Waals surface area contributed by atoms with E-state index < -0.39 is 12.7 Å². The Morgan fingerprint density at radius 2 is 2.10 bits per heavy atom. The van der Waals surface area contributed by atoms with Crippen molar-refractivity contribution in [1.29, 1.82) is 0 Å². The van der Waals surface area contributed by atoms with Crippen molar-refractivity contribution < 1.29 is 14.0 Å². The molecule has 4 aromatic heterocycles. The second kappa shape index (κ2) is 10.4. The summed E-state index contributed by atoms with van der Waals surface area (Å²) < 4.78 is 19.0. The minimum absolute atomic E-state index is 0.134. The monoisotopic (exact) mass is 569 g/mol. The number of hydrogen-bond acceptors (Lipinski definition) is 6. The van der Waals surface area contributed by atoms with Crippen molar-refractivity contribution in [3.63, 3.8) is 0 Å². The van der Waals surface area contributed by atoms with Crippen LogP contribution < -0.4 is 11.1 Å². The molecule has 1 atom stereocenters. The molecular weight excluding hydrogens is 537 g/mol. The number of pyridine rings is 1. The molecule has 7 rings (SSSR count). The normalized spacial score (nSPS) is 15.9. The molecule has 12 heteroatoms. The fourth-order valence-corrected chi connectivity index (χ4v) is 5.87. The standard InChI is InChI=1S/C30H32FN9O2/c1-37-28-24(12-21-22(35-28)7-9-39(30(21)42)15-20(32)13-31)36-29(37)25-11-19-3-2-4-23(27(19)40(25)14-18-5-6-18)34-26(41)16-38-10-8-33-17-38/h2-4,8,10-12,17-18,20H,5-7,9,13-16,32H2,1H3,(H,34,41). The minimum atomic E-state index is -0.706. The van der Waals surface area contributed by atoms with E-state index in [2.05, 4.69) is 20.9 Å². The molecular formula is C30H32FN9O2. The third-order valence-corrected chi connectivity index (χ3v) is 8.16.